The van der Waals surface area contributed by atoms with E-state index >= 15 is 0 Å². The van der Waals surface area contributed by atoms with Gasteiger partial charge in [0.25, 0.3) is 0 Å². The third-order valence-corrected chi connectivity index (χ3v) is 3.43. The summed E-state index contributed by atoms with van der Waals surface area (Å²) in [4.78, 5) is 10.5. The van der Waals surface area contributed by atoms with Crippen molar-refractivity contribution >= 4 is 15.9 Å². The summed E-state index contributed by atoms with van der Waals surface area (Å²) in [5, 5.41) is 8.57. The van der Waals surface area contributed by atoms with Crippen LogP contribution in [0.25, 0.3) is 0 Å². The summed E-state index contributed by atoms with van der Waals surface area (Å²) in [5.74, 6) is -0.576. The largest absolute Gasteiger partial charge is 0.370 e. The molecule has 1 aromatic rings. The van der Waals surface area contributed by atoms with E-state index in [1.807, 2.05) is 6.07 Å². The number of primary amides is 1. The summed E-state index contributed by atoms with van der Waals surface area (Å²) in [7, 11) is -3.65. The van der Waals surface area contributed by atoms with E-state index < -0.39 is 15.9 Å². The average Bonchev–Trinajstić information content (AvgIpc) is 2.28. The number of carbonyl (C=O) groups is 1. The molecule has 0 saturated carbocycles. The molecule has 90 valence electrons. The first-order valence-electron chi connectivity index (χ1n) is 4.74. The fraction of sp³-hybridized carbons (Fsp3) is 0.200. The van der Waals surface area contributed by atoms with Gasteiger partial charge in [-0.2, -0.15) is 5.26 Å². The van der Waals surface area contributed by atoms with E-state index in [9.17, 15) is 13.2 Å². The van der Waals surface area contributed by atoms with Crippen LogP contribution in [0.15, 0.2) is 29.2 Å². The minimum Gasteiger partial charge on any atom is -0.370 e. The van der Waals surface area contributed by atoms with Crippen LogP contribution in [-0.4, -0.2) is 20.9 Å². The molecular formula is C10H11N3O3S. The molecule has 17 heavy (non-hydrogen) atoms. The van der Waals surface area contributed by atoms with Crippen molar-refractivity contribution in [3.8, 4) is 6.07 Å². The van der Waals surface area contributed by atoms with Gasteiger partial charge in [0.05, 0.1) is 16.5 Å². The number of carbonyl (C=O) groups excluding carboxylic acids is 1. The van der Waals surface area contributed by atoms with Crippen molar-refractivity contribution in [1.82, 2.24) is 4.72 Å². The van der Waals surface area contributed by atoms with Crippen molar-refractivity contribution in [3.05, 3.63) is 29.8 Å². The van der Waals surface area contributed by atoms with Crippen LogP contribution >= 0.6 is 0 Å². The number of benzene rings is 1. The number of nitrogens with zero attached hydrogens (tertiary/aromatic N) is 1. The van der Waals surface area contributed by atoms with Crippen LogP contribution in [-0.2, 0) is 14.8 Å². The second kappa shape index (κ2) is 5.43. The molecule has 0 fully saturated rings. The van der Waals surface area contributed by atoms with Gasteiger partial charge in [-0.3, -0.25) is 4.79 Å². The molecule has 0 bridgehead atoms. The molecule has 0 spiro atoms. The van der Waals surface area contributed by atoms with Gasteiger partial charge in [-0.05, 0) is 24.3 Å². The van der Waals surface area contributed by atoms with Gasteiger partial charge in [-0.25, -0.2) is 13.1 Å². The topological polar surface area (TPSA) is 113 Å². The van der Waals surface area contributed by atoms with Crippen LogP contribution in [0.5, 0.6) is 0 Å². The van der Waals surface area contributed by atoms with Gasteiger partial charge in [0.1, 0.15) is 0 Å². The van der Waals surface area contributed by atoms with E-state index in [-0.39, 0.29) is 17.9 Å². The lowest BCUT2D eigenvalue weighted by Gasteiger charge is -2.05. The Morgan fingerprint density at radius 3 is 2.41 bits per heavy atom. The van der Waals surface area contributed by atoms with Crippen LogP contribution in [0.2, 0.25) is 0 Å². The maximum Gasteiger partial charge on any atom is 0.240 e. The summed E-state index contributed by atoms with van der Waals surface area (Å²) in [6.07, 6.45) is -0.0600. The zero-order valence-corrected chi connectivity index (χ0v) is 9.70. The number of hydrogen-bond donors (Lipinski definition) is 2. The first kappa shape index (κ1) is 13.2. The lowest BCUT2D eigenvalue weighted by atomic mass is 10.2. The van der Waals surface area contributed by atoms with Gasteiger partial charge in [0, 0.05) is 13.0 Å². The van der Waals surface area contributed by atoms with E-state index in [2.05, 4.69) is 4.72 Å². The molecule has 3 N–H and O–H groups in total. The van der Waals surface area contributed by atoms with Crippen LogP contribution in [0, 0.1) is 11.3 Å². The Morgan fingerprint density at radius 1 is 1.35 bits per heavy atom. The maximum absolute atomic E-state index is 11.7. The minimum atomic E-state index is -3.65. The smallest absolute Gasteiger partial charge is 0.240 e. The van der Waals surface area contributed by atoms with Crippen molar-refractivity contribution in [2.75, 3.05) is 6.54 Å². The van der Waals surface area contributed by atoms with E-state index in [1.54, 1.807) is 0 Å². The fourth-order valence-corrected chi connectivity index (χ4v) is 2.13. The lowest BCUT2D eigenvalue weighted by Crippen LogP contribution is -2.28. The van der Waals surface area contributed by atoms with Crippen LogP contribution < -0.4 is 10.5 Å². The van der Waals surface area contributed by atoms with Crippen LogP contribution in [0.3, 0.4) is 0 Å². The molecule has 0 aliphatic heterocycles. The number of hydrogen-bond acceptors (Lipinski definition) is 4. The van der Waals surface area contributed by atoms with Gasteiger partial charge < -0.3 is 5.73 Å². The number of sulfonamides is 1. The van der Waals surface area contributed by atoms with E-state index in [0.717, 1.165) is 0 Å². The first-order valence-corrected chi connectivity index (χ1v) is 6.22. The zero-order valence-electron chi connectivity index (χ0n) is 8.88. The van der Waals surface area contributed by atoms with E-state index in [0.29, 0.717) is 5.56 Å². The van der Waals surface area contributed by atoms with Crippen molar-refractivity contribution < 1.29 is 13.2 Å². The number of nitriles is 1. The number of rotatable bonds is 5. The molecule has 1 amide bonds. The molecular weight excluding hydrogens is 242 g/mol. The second-order valence-corrected chi connectivity index (χ2v) is 5.02. The molecule has 0 aliphatic carbocycles. The Morgan fingerprint density at radius 2 is 1.94 bits per heavy atom. The quantitative estimate of drug-likeness (QED) is 0.750. The Balaban J connectivity index is 2.76. The molecule has 1 rings (SSSR count). The Bertz CT molecular complexity index is 543. The molecule has 0 atom stereocenters. The zero-order chi connectivity index (χ0) is 12.9. The molecule has 0 radical (unpaired) electrons. The standard InChI is InChI=1S/C10H11N3O3S/c11-7-8-1-3-9(4-2-8)17(15,16)13-6-5-10(12)14/h1-4,13H,5-6H2,(H2,12,14). The molecule has 0 aromatic heterocycles. The second-order valence-electron chi connectivity index (χ2n) is 3.25. The fourth-order valence-electron chi connectivity index (χ4n) is 1.10. The van der Waals surface area contributed by atoms with E-state index in [1.165, 1.54) is 24.3 Å². The average molecular weight is 253 g/mol. The SMILES string of the molecule is N#Cc1ccc(S(=O)(=O)NCCC(N)=O)cc1. The highest BCUT2D eigenvalue weighted by molar-refractivity contribution is 7.89. The molecule has 0 unspecified atom stereocenters. The Labute approximate surface area is 99.1 Å². The molecule has 1 aromatic carbocycles. The number of nitrogens with two attached hydrogens (primary N) is 1. The number of amides is 1. The Kier molecular flexibility index (Phi) is 4.20. The summed E-state index contributed by atoms with van der Waals surface area (Å²) in [6.45, 7) is -0.0440. The molecule has 6 nitrogen and oxygen atoms in total. The lowest BCUT2D eigenvalue weighted by molar-refractivity contribution is -0.117. The van der Waals surface area contributed by atoms with Gasteiger partial charge in [0.15, 0.2) is 0 Å². The highest BCUT2D eigenvalue weighted by Gasteiger charge is 2.13. The third-order valence-electron chi connectivity index (χ3n) is 1.96. The highest BCUT2D eigenvalue weighted by Crippen LogP contribution is 2.09. The molecule has 7 heteroatoms. The normalized spacial score (nSPS) is 10.8. The predicted molar refractivity (Wildman–Crippen MR) is 60.2 cm³/mol. The van der Waals surface area contributed by atoms with Crippen molar-refractivity contribution in [3.63, 3.8) is 0 Å². The van der Waals surface area contributed by atoms with Crippen molar-refractivity contribution in [2.45, 2.75) is 11.3 Å². The van der Waals surface area contributed by atoms with Gasteiger partial charge in [-0.1, -0.05) is 0 Å². The summed E-state index contributed by atoms with van der Waals surface area (Å²) < 4.78 is 25.6. The maximum atomic E-state index is 11.7. The van der Waals surface area contributed by atoms with Crippen LogP contribution in [0.4, 0.5) is 0 Å². The molecule has 0 heterocycles. The minimum absolute atomic E-state index is 0.0426. The summed E-state index contributed by atoms with van der Waals surface area (Å²) in [6, 6.07) is 7.35. The molecule has 0 saturated heterocycles. The third kappa shape index (κ3) is 3.86. The van der Waals surface area contributed by atoms with Crippen molar-refractivity contribution in [1.29, 1.82) is 5.26 Å². The first-order chi connectivity index (χ1) is 7.95. The Hall–Kier alpha value is -1.91. The number of nitrogens with one attached hydrogen (secondary N) is 1. The van der Waals surface area contributed by atoms with Gasteiger partial charge in [-0.15, -0.1) is 0 Å². The summed E-state index contributed by atoms with van der Waals surface area (Å²) in [5.41, 5.74) is 5.26. The van der Waals surface area contributed by atoms with Gasteiger partial charge in [0.2, 0.25) is 15.9 Å². The van der Waals surface area contributed by atoms with Crippen LogP contribution in [0.1, 0.15) is 12.0 Å². The highest BCUT2D eigenvalue weighted by atomic mass is 32.2. The summed E-state index contributed by atoms with van der Waals surface area (Å²) >= 11 is 0. The molecule has 0 aliphatic rings. The monoisotopic (exact) mass is 253 g/mol. The van der Waals surface area contributed by atoms with Crippen molar-refractivity contribution in [2.24, 2.45) is 5.73 Å². The van der Waals surface area contributed by atoms with E-state index in [4.69, 9.17) is 11.0 Å². The van der Waals surface area contributed by atoms with Gasteiger partial charge >= 0.3 is 0 Å². The predicted octanol–water partition coefficient (Wildman–Crippen LogP) is -0.288.